The maximum atomic E-state index is 12.8. The zero-order valence-corrected chi connectivity index (χ0v) is 18.1. The van der Waals surface area contributed by atoms with Crippen LogP contribution in [0.25, 0.3) is 0 Å². The second-order valence-electron chi connectivity index (χ2n) is 7.09. The van der Waals surface area contributed by atoms with Gasteiger partial charge in [-0.15, -0.1) is 0 Å². The van der Waals surface area contributed by atoms with E-state index in [2.05, 4.69) is 4.98 Å². The van der Waals surface area contributed by atoms with Crippen LogP contribution in [0, 0.1) is 13.8 Å². The lowest BCUT2D eigenvalue weighted by atomic mass is 9.98. The molecular weight excluding hydrogens is 410 g/mol. The van der Waals surface area contributed by atoms with Gasteiger partial charge in [0.1, 0.15) is 0 Å². The maximum Gasteiger partial charge on any atom is 0.340 e. The van der Waals surface area contributed by atoms with E-state index in [4.69, 9.17) is 9.47 Å². The molecule has 0 unspecified atom stereocenters. The highest BCUT2D eigenvalue weighted by molar-refractivity contribution is 6.14. The highest BCUT2D eigenvalue weighted by Gasteiger charge is 2.24. The van der Waals surface area contributed by atoms with Gasteiger partial charge in [0.05, 0.1) is 23.4 Å². The molecule has 0 saturated carbocycles. The third-order valence-electron chi connectivity index (χ3n) is 4.96. The summed E-state index contributed by atoms with van der Waals surface area (Å²) in [6.45, 7) is 4.65. The topological polar surface area (TPSA) is 103 Å². The fourth-order valence-electron chi connectivity index (χ4n) is 3.42. The van der Waals surface area contributed by atoms with Gasteiger partial charge in [-0.1, -0.05) is 48.5 Å². The summed E-state index contributed by atoms with van der Waals surface area (Å²) in [5.41, 5.74) is 2.09. The number of nitrogens with one attached hydrogen (secondary N) is 1. The number of aromatic nitrogens is 1. The van der Waals surface area contributed by atoms with Crippen molar-refractivity contribution >= 4 is 23.5 Å². The first-order valence-electron chi connectivity index (χ1n) is 10.1. The van der Waals surface area contributed by atoms with Crippen LogP contribution in [0.15, 0.2) is 54.6 Å². The number of hydrogen-bond acceptors (Lipinski definition) is 6. The van der Waals surface area contributed by atoms with Crippen LogP contribution in [0.3, 0.4) is 0 Å². The Labute approximate surface area is 185 Å². The van der Waals surface area contributed by atoms with E-state index in [9.17, 15) is 19.2 Å². The van der Waals surface area contributed by atoms with E-state index in [0.717, 1.165) is 0 Å². The third-order valence-corrected chi connectivity index (χ3v) is 4.96. The molecule has 0 atom stereocenters. The van der Waals surface area contributed by atoms with Crippen molar-refractivity contribution in [3.63, 3.8) is 0 Å². The second-order valence-corrected chi connectivity index (χ2v) is 7.09. The minimum atomic E-state index is -0.787. The number of aryl methyl sites for hydroxylation is 1. The summed E-state index contributed by atoms with van der Waals surface area (Å²) in [5.74, 6) is -2.13. The molecule has 1 heterocycles. The molecule has 0 aliphatic rings. The van der Waals surface area contributed by atoms with Gasteiger partial charge in [-0.05, 0) is 32.4 Å². The minimum absolute atomic E-state index is 0.0701. The zero-order valence-electron chi connectivity index (χ0n) is 18.1. The number of H-pyrrole nitrogens is 1. The fraction of sp³-hybridized carbons (Fsp3) is 0.200. The van der Waals surface area contributed by atoms with E-state index >= 15 is 0 Å². The van der Waals surface area contributed by atoms with Crippen molar-refractivity contribution in [3.05, 3.63) is 93.8 Å². The number of esters is 2. The van der Waals surface area contributed by atoms with Crippen LogP contribution in [-0.4, -0.2) is 41.7 Å². The van der Waals surface area contributed by atoms with Crippen molar-refractivity contribution in [2.75, 3.05) is 13.2 Å². The standard InChI is InChI=1S/C25H23NO6/c1-4-31-25(30)21-15(2)22(26-16(21)3)20(27)14-32-24(29)19-13-9-8-12-18(19)23(28)17-10-6-5-7-11-17/h5-13,26H,4,14H2,1-3H3. The first kappa shape index (κ1) is 22.7. The van der Waals surface area contributed by atoms with Crippen molar-refractivity contribution in [3.8, 4) is 0 Å². The number of ketones is 2. The van der Waals surface area contributed by atoms with Gasteiger partial charge >= 0.3 is 11.9 Å². The van der Waals surface area contributed by atoms with E-state index in [-0.39, 0.29) is 29.2 Å². The molecule has 0 aliphatic carbocycles. The molecule has 1 aromatic heterocycles. The molecule has 0 radical (unpaired) electrons. The van der Waals surface area contributed by atoms with E-state index < -0.39 is 24.3 Å². The molecule has 0 fully saturated rings. The van der Waals surface area contributed by atoms with Gasteiger partial charge in [-0.3, -0.25) is 9.59 Å². The number of carbonyl (C=O) groups excluding carboxylic acids is 4. The Morgan fingerprint density at radius 3 is 2.09 bits per heavy atom. The van der Waals surface area contributed by atoms with Crippen molar-refractivity contribution in [1.82, 2.24) is 4.98 Å². The predicted molar refractivity (Wildman–Crippen MR) is 117 cm³/mol. The number of benzene rings is 2. The molecule has 2 aromatic carbocycles. The van der Waals surface area contributed by atoms with Gasteiger partial charge in [0.2, 0.25) is 5.78 Å². The van der Waals surface area contributed by atoms with Crippen molar-refractivity contribution in [2.45, 2.75) is 20.8 Å². The molecular formula is C25H23NO6. The quantitative estimate of drug-likeness (QED) is 0.424. The number of rotatable bonds is 8. The minimum Gasteiger partial charge on any atom is -0.462 e. The Balaban J connectivity index is 1.76. The number of hydrogen-bond donors (Lipinski definition) is 1. The molecule has 3 aromatic rings. The summed E-state index contributed by atoms with van der Waals surface area (Å²) < 4.78 is 10.2. The van der Waals surface area contributed by atoms with E-state index in [1.165, 1.54) is 12.1 Å². The number of ether oxygens (including phenoxy) is 2. The summed E-state index contributed by atoms with van der Waals surface area (Å²) >= 11 is 0. The molecule has 32 heavy (non-hydrogen) atoms. The first-order valence-corrected chi connectivity index (χ1v) is 10.1. The van der Waals surface area contributed by atoms with Crippen LogP contribution >= 0.6 is 0 Å². The van der Waals surface area contributed by atoms with E-state index in [1.54, 1.807) is 63.2 Å². The van der Waals surface area contributed by atoms with Gasteiger partial charge in [0.15, 0.2) is 12.4 Å². The molecule has 7 heteroatoms. The lowest BCUT2D eigenvalue weighted by Crippen LogP contribution is -2.18. The molecule has 0 spiro atoms. The summed E-state index contributed by atoms with van der Waals surface area (Å²) in [7, 11) is 0. The number of aromatic amines is 1. The average molecular weight is 433 g/mol. The Bertz CT molecular complexity index is 1180. The number of carbonyl (C=O) groups is 4. The average Bonchev–Trinajstić information content (AvgIpc) is 3.11. The Kier molecular flexibility index (Phi) is 7.00. The summed E-state index contributed by atoms with van der Waals surface area (Å²) in [6, 6.07) is 14.9. The summed E-state index contributed by atoms with van der Waals surface area (Å²) in [4.78, 5) is 53.1. The van der Waals surface area contributed by atoms with Crippen LogP contribution in [0.1, 0.15) is 65.3 Å². The highest BCUT2D eigenvalue weighted by Crippen LogP contribution is 2.20. The van der Waals surface area contributed by atoms with Crippen LogP contribution in [0.4, 0.5) is 0 Å². The largest absolute Gasteiger partial charge is 0.462 e. The molecule has 0 aliphatic heterocycles. The lowest BCUT2D eigenvalue weighted by molar-refractivity contribution is 0.0470. The van der Waals surface area contributed by atoms with E-state index in [0.29, 0.717) is 22.4 Å². The van der Waals surface area contributed by atoms with E-state index in [1.807, 2.05) is 0 Å². The number of Topliss-reactive ketones (excluding diaryl/α,β-unsaturated/α-hetero) is 1. The normalized spacial score (nSPS) is 10.5. The summed E-state index contributed by atoms with van der Waals surface area (Å²) in [5, 5.41) is 0. The predicted octanol–water partition coefficient (Wildman–Crippen LogP) is 4.08. The fourth-order valence-corrected chi connectivity index (χ4v) is 3.42. The molecule has 7 nitrogen and oxygen atoms in total. The Hall–Kier alpha value is -4.00. The molecule has 0 saturated heterocycles. The molecule has 0 amide bonds. The maximum absolute atomic E-state index is 12.8. The van der Waals surface area contributed by atoms with Gasteiger partial charge < -0.3 is 14.5 Å². The Morgan fingerprint density at radius 1 is 0.812 bits per heavy atom. The molecule has 0 bridgehead atoms. The SMILES string of the molecule is CCOC(=O)c1c(C)[nH]c(C(=O)COC(=O)c2ccccc2C(=O)c2ccccc2)c1C. The zero-order chi connectivity index (χ0) is 23.3. The van der Waals surface area contributed by atoms with Gasteiger partial charge in [-0.2, -0.15) is 0 Å². The Morgan fingerprint density at radius 2 is 1.44 bits per heavy atom. The van der Waals surface area contributed by atoms with Crippen molar-refractivity contribution in [2.24, 2.45) is 0 Å². The van der Waals surface area contributed by atoms with Crippen LogP contribution in [0.2, 0.25) is 0 Å². The van der Waals surface area contributed by atoms with Crippen molar-refractivity contribution in [1.29, 1.82) is 0 Å². The highest BCUT2D eigenvalue weighted by atomic mass is 16.5. The monoisotopic (exact) mass is 433 g/mol. The summed E-state index contributed by atoms with van der Waals surface area (Å²) in [6.07, 6.45) is 0. The molecule has 3 rings (SSSR count). The molecule has 164 valence electrons. The lowest BCUT2D eigenvalue weighted by Gasteiger charge is -2.09. The van der Waals surface area contributed by atoms with Gasteiger partial charge in [-0.25, -0.2) is 9.59 Å². The van der Waals surface area contributed by atoms with Crippen LogP contribution in [-0.2, 0) is 9.47 Å². The second kappa shape index (κ2) is 9.87. The molecule has 1 N–H and O–H groups in total. The van der Waals surface area contributed by atoms with Crippen molar-refractivity contribution < 1.29 is 28.7 Å². The van der Waals surface area contributed by atoms with Gasteiger partial charge in [0.25, 0.3) is 0 Å². The van der Waals surface area contributed by atoms with Crippen LogP contribution in [0.5, 0.6) is 0 Å². The smallest absolute Gasteiger partial charge is 0.340 e. The van der Waals surface area contributed by atoms with Gasteiger partial charge in [0, 0.05) is 16.8 Å². The van der Waals surface area contributed by atoms with Crippen LogP contribution < -0.4 is 0 Å². The third kappa shape index (κ3) is 4.67. The first-order chi connectivity index (χ1) is 15.3.